The van der Waals surface area contributed by atoms with Crippen LogP contribution in [0.15, 0.2) is 42.5 Å². The summed E-state index contributed by atoms with van der Waals surface area (Å²) < 4.78 is 5.59. The molecule has 2 aliphatic rings. The zero-order chi connectivity index (χ0) is 20.1. The normalized spacial score (nSPS) is 27.5. The Kier molecular flexibility index (Phi) is 7.03. The van der Waals surface area contributed by atoms with Crippen LogP contribution in [0.1, 0.15) is 50.5 Å². The number of allylic oxidation sites excluding steroid dienone is 1. The van der Waals surface area contributed by atoms with E-state index in [9.17, 15) is 14.7 Å². The van der Waals surface area contributed by atoms with Crippen LogP contribution in [0.2, 0.25) is 0 Å². The highest BCUT2D eigenvalue weighted by molar-refractivity contribution is 6.01. The second-order valence-corrected chi connectivity index (χ2v) is 8.15. The number of carboxylic acids is 1. The van der Waals surface area contributed by atoms with Gasteiger partial charge in [-0.05, 0) is 55.9 Å². The number of epoxide rings is 1. The van der Waals surface area contributed by atoms with E-state index in [1.54, 1.807) is 0 Å². The molecule has 2 N–H and O–H groups in total. The van der Waals surface area contributed by atoms with Crippen LogP contribution >= 0.6 is 0 Å². The monoisotopic (exact) mass is 386 g/mol. The minimum absolute atomic E-state index is 0.0170. The van der Waals surface area contributed by atoms with Gasteiger partial charge in [0.05, 0.1) is 12.2 Å². The molecule has 3 rings (SSSR count). The first-order valence-corrected chi connectivity index (χ1v) is 10.3. The van der Waals surface area contributed by atoms with Gasteiger partial charge in [-0.1, -0.05) is 48.9 Å². The number of unbranched alkanes of at least 4 members (excludes halogenated alkanes) is 1. The predicted octanol–water partition coefficient (Wildman–Crippen LogP) is 3.54. The van der Waals surface area contributed by atoms with Crippen LogP contribution < -0.4 is 0 Å². The number of aliphatic carboxylic acids is 1. The molecule has 28 heavy (non-hydrogen) atoms. The Morgan fingerprint density at radius 1 is 1.18 bits per heavy atom. The van der Waals surface area contributed by atoms with Gasteiger partial charge in [-0.3, -0.25) is 4.79 Å². The number of carbonyl (C=O) groups is 2. The molecule has 1 aliphatic carbocycles. The Bertz CT molecular complexity index is 698. The summed E-state index contributed by atoms with van der Waals surface area (Å²) in [6.45, 7) is 4.24. The number of rotatable bonds is 11. The number of aryl methyl sites for hydroxylation is 1. The highest BCUT2D eigenvalue weighted by atomic mass is 16.6. The molecule has 1 aromatic carbocycles. The van der Waals surface area contributed by atoms with Crippen LogP contribution in [0.3, 0.4) is 0 Å². The average molecular weight is 386 g/mol. The number of benzene rings is 1. The Morgan fingerprint density at radius 2 is 1.93 bits per heavy atom. The molecule has 5 atom stereocenters. The van der Waals surface area contributed by atoms with Crippen LogP contribution in [0.5, 0.6) is 0 Å². The van der Waals surface area contributed by atoms with Gasteiger partial charge in [0.1, 0.15) is 0 Å². The summed E-state index contributed by atoms with van der Waals surface area (Å²) in [5.41, 5.74) is 2.66. The zero-order valence-corrected chi connectivity index (χ0v) is 16.3. The number of hydrogen-bond acceptors (Lipinski definition) is 4. The topological polar surface area (TPSA) is 87.1 Å². The van der Waals surface area contributed by atoms with Gasteiger partial charge in [-0.15, -0.1) is 0 Å². The van der Waals surface area contributed by atoms with E-state index < -0.39 is 17.9 Å². The number of carbonyl (C=O) groups excluding carboxylic acids is 1. The van der Waals surface area contributed by atoms with Crippen LogP contribution in [-0.4, -0.2) is 40.3 Å². The average Bonchev–Trinajstić information content (AvgIpc) is 3.33. The van der Waals surface area contributed by atoms with Crippen molar-refractivity contribution < 1.29 is 24.5 Å². The van der Waals surface area contributed by atoms with Crippen molar-refractivity contribution in [3.8, 4) is 0 Å². The molecular weight excluding hydrogens is 356 g/mol. The molecule has 5 heteroatoms. The summed E-state index contributed by atoms with van der Waals surface area (Å²) in [5, 5.41) is 18.0. The van der Waals surface area contributed by atoms with Gasteiger partial charge >= 0.3 is 5.97 Å². The number of ether oxygens (including phenoxy) is 1. The number of aliphatic hydroxyl groups is 1. The van der Waals surface area contributed by atoms with Crippen LogP contribution in [0.25, 0.3) is 0 Å². The molecule has 5 nitrogen and oxygen atoms in total. The molecule has 0 bridgehead atoms. The Labute approximate surface area is 166 Å². The largest absolute Gasteiger partial charge is 0.479 e. The molecule has 0 spiro atoms. The summed E-state index contributed by atoms with van der Waals surface area (Å²) in [7, 11) is 0. The van der Waals surface area contributed by atoms with Crippen LogP contribution in [0.4, 0.5) is 0 Å². The maximum Gasteiger partial charge on any atom is 0.340 e. The van der Waals surface area contributed by atoms with Crippen molar-refractivity contribution in [3.05, 3.63) is 48.0 Å². The van der Waals surface area contributed by atoms with Gasteiger partial charge in [0.15, 0.2) is 5.78 Å². The summed E-state index contributed by atoms with van der Waals surface area (Å²) in [4.78, 5) is 22.4. The summed E-state index contributed by atoms with van der Waals surface area (Å²) in [6.07, 6.45) is 5.51. The minimum Gasteiger partial charge on any atom is -0.479 e. The summed E-state index contributed by atoms with van der Waals surface area (Å²) in [5.74, 6) is -1.13. The Hall–Kier alpha value is -1.98. The van der Waals surface area contributed by atoms with Crippen molar-refractivity contribution in [1.29, 1.82) is 0 Å². The van der Waals surface area contributed by atoms with Crippen molar-refractivity contribution >= 4 is 11.8 Å². The SMILES string of the molecule is C=C1CC[C@H](CCCCc2ccccc2)[C@H]1C[C@H]1OC1CC(=O)C(O)C(=O)O. The molecule has 1 aromatic rings. The molecule has 1 heterocycles. The molecule has 2 unspecified atom stereocenters. The lowest BCUT2D eigenvalue weighted by Gasteiger charge is -2.19. The highest BCUT2D eigenvalue weighted by Gasteiger charge is 2.45. The number of carboxylic acid groups (broad SMARTS) is 1. The standard InChI is InChI=1S/C23H30O5/c1-15-11-12-17(10-6-5-9-16-7-3-2-4-8-16)18(15)13-20-21(28-20)14-19(24)22(25)23(26)27/h2-4,7-8,17-18,20-22,25H,1,5-6,9-14H2,(H,26,27)/t17-,18-,20+,21?,22?/m0/s1. The third-order valence-corrected chi connectivity index (χ3v) is 6.18. The molecule has 0 aromatic heterocycles. The van der Waals surface area contributed by atoms with Gasteiger partial charge in [-0.2, -0.15) is 0 Å². The van der Waals surface area contributed by atoms with E-state index in [-0.39, 0.29) is 18.6 Å². The zero-order valence-electron chi connectivity index (χ0n) is 16.3. The smallest absolute Gasteiger partial charge is 0.340 e. The van der Waals surface area contributed by atoms with Gasteiger partial charge in [0.2, 0.25) is 6.10 Å². The lowest BCUT2D eigenvalue weighted by Crippen LogP contribution is -2.30. The maximum absolute atomic E-state index is 11.7. The fourth-order valence-electron chi connectivity index (χ4n) is 4.44. The molecule has 1 aliphatic heterocycles. The number of aliphatic hydroxyl groups excluding tert-OH is 1. The molecule has 1 saturated heterocycles. The van der Waals surface area contributed by atoms with E-state index in [0.29, 0.717) is 11.8 Å². The van der Waals surface area contributed by atoms with Crippen molar-refractivity contribution in [2.24, 2.45) is 11.8 Å². The number of ketones is 1. The number of hydrogen-bond donors (Lipinski definition) is 2. The van der Waals surface area contributed by atoms with Gasteiger partial charge < -0.3 is 14.9 Å². The Balaban J connectivity index is 1.40. The predicted molar refractivity (Wildman–Crippen MR) is 106 cm³/mol. The second kappa shape index (κ2) is 9.48. The fraction of sp³-hybridized carbons (Fsp3) is 0.565. The third-order valence-electron chi connectivity index (χ3n) is 6.18. The molecule has 2 fully saturated rings. The lowest BCUT2D eigenvalue weighted by molar-refractivity contribution is -0.152. The van der Waals surface area contributed by atoms with Crippen molar-refractivity contribution in [2.75, 3.05) is 0 Å². The van der Waals surface area contributed by atoms with E-state index in [1.165, 1.54) is 36.8 Å². The Morgan fingerprint density at radius 3 is 2.64 bits per heavy atom. The summed E-state index contributed by atoms with van der Waals surface area (Å²) >= 11 is 0. The molecule has 0 radical (unpaired) electrons. The van der Waals surface area contributed by atoms with Crippen LogP contribution in [-0.2, 0) is 20.7 Å². The van der Waals surface area contributed by atoms with E-state index in [2.05, 4.69) is 30.8 Å². The molecule has 0 amide bonds. The molecule has 152 valence electrons. The van der Waals surface area contributed by atoms with Gasteiger partial charge in [0.25, 0.3) is 0 Å². The highest BCUT2D eigenvalue weighted by Crippen LogP contribution is 2.45. The first-order chi connectivity index (χ1) is 13.5. The summed E-state index contributed by atoms with van der Waals surface area (Å²) in [6, 6.07) is 10.6. The molecule has 1 saturated carbocycles. The van der Waals surface area contributed by atoms with Gasteiger partial charge in [-0.25, -0.2) is 4.79 Å². The van der Waals surface area contributed by atoms with E-state index in [0.717, 1.165) is 19.3 Å². The van der Waals surface area contributed by atoms with E-state index >= 15 is 0 Å². The first kappa shape index (κ1) is 20.7. The quantitative estimate of drug-likeness (QED) is 0.263. The number of Topliss-reactive ketones (excluding diaryl/α,β-unsaturated/α-hetero) is 1. The van der Waals surface area contributed by atoms with Crippen LogP contribution in [0, 0.1) is 11.8 Å². The first-order valence-electron chi connectivity index (χ1n) is 10.3. The third kappa shape index (κ3) is 5.52. The maximum atomic E-state index is 11.7. The van der Waals surface area contributed by atoms with Gasteiger partial charge in [0, 0.05) is 6.42 Å². The minimum atomic E-state index is -1.94. The second-order valence-electron chi connectivity index (χ2n) is 8.15. The van der Waals surface area contributed by atoms with Crippen molar-refractivity contribution in [3.63, 3.8) is 0 Å². The van der Waals surface area contributed by atoms with Crippen molar-refractivity contribution in [2.45, 2.75) is 69.7 Å². The van der Waals surface area contributed by atoms with E-state index in [1.807, 2.05) is 6.07 Å². The lowest BCUT2D eigenvalue weighted by atomic mass is 9.85. The van der Waals surface area contributed by atoms with Crippen molar-refractivity contribution in [1.82, 2.24) is 0 Å². The fourth-order valence-corrected chi connectivity index (χ4v) is 4.44. The molecular formula is C23H30O5. The van der Waals surface area contributed by atoms with E-state index in [4.69, 9.17) is 9.84 Å².